The van der Waals surface area contributed by atoms with Gasteiger partial charge in [-0.15, -0.1) is 0 Å². The first-order valence-corrected chi connectivity index (χ1v) is 13.1. The van der Waals surface area contributed by atoms with Crippen molar-refractivity contribution in [2.75, 3.05) is 26.8 Å². The number of benzene rings is 2. The lowest BCUT2D eigenvalue weighted by Crippen LogP contribution is -2.65. The first-order chi connectivity index (χ1) is 18.9. The molecule has 39 heavy (non-hydrogen) atoms. The van der Waals surface area contributed by atoms with Gasteiger partial charge in [0.25, 0.3) is 0 Å². The molecule has 0 saturated carbocycles. The number of ether oxygens (including phenoxy) is 2. The van der Waals surface area contributed by atoms with Crippen molar-refractivity contribution in [1.82, 2.24) is 25.7 Å². The number of hydrogen-bond donors (Lipinski definition) is 3. The van der Waals surface area contributed by atoms with Gasteiger partial charge >= 0.3 is 5.97 Å². The van der Waals surface area contributed by atoms with Gasteiger partial charge in [0.05, 0.1) is 19.4 Å². The van der Waals surface area contributed by atoms with Crippen molar-refractivity contribution >= 4 is 17.8 Å². The minimum absolute atomic E-state index is 0.0517. The molecular weight excluding hydrogens is 498 g/mol. The van der Waals surface area contributed by atoms with E-state index in [4.69, 9.17) is 9.47 Å². The number of carbonyl (C=O) groups excluding carboxylic acids is 3. The van der Waals surface area contributed by atoms with Gasteiger partial charge in [-0.05, 0) is 68.8 Å². The van der Waals surface area contributed by atoms with Gasteiger partial charge in [0.1, 0.15) is 23.9 Å². The number of hydrogen-bond acceptors (Lipinski definition) is 7. The number of carbonyl (C=O) groups is 3. The van der Waals surface area contributed by atoms with Crippen LogP contribution in [0.25, 0.3) is 11.3 Å². The summed E-state index contributed by atoms with van der Waals surface area (Å²) in [5.74, 6) is -0.498. The molecule has 4 rings (SSSR count). The summed E-state index contributed by atoms with van der Waals surface area (Å²) in [6, 6.07) is 17.9. The highest BCUT2D eigenvalue weighted by molar-refractivity contribution is 5.94. The molecule has 1 saturated heterocycles. The second-order valence-corrected chi connectivity index (χ2v) is 9.48. The average molecular weight is 534 g/mol. The zero-order chi connectivity index (χ0) is 27.7. The molecule has 1 aliphatic rings. The average Bonchev–Trinajstić information content (AvgIpc) is 3.42. The lowest BCUT2D eigenvalue weighted by molar-refractivity contribution is -0.148. The van der Waals surface area contributed by atoms with Gasteiger partial charge in [0.2, 0.25) is 11.8 Å². The van der Waals surface area contributed by atoms with Gasteiger partial charge in [-0.1, -0.05) is 30.3 Å². The lowest BCUT2D eigenvalue weighted by atomic mass is 9.86. The van der Waals surface area contributed by atoms with Crippen molar-refractivity contribution < 1.29 is 23.9 Å². The molecule has 0 bridgehead atoms. The van der Waals surface area contributed by atoms with Gasteiger partial charge in [-0.3, -0.25) is 14.3 Å². The van der Waals surface area contributed by atoms with E-state index >= 15 is 0 Å². The number of methoxy groups -OCH3 is 1. The monoisotopic (exact) mass is 533 g/mol. The van der Waals surface area contributed by atoms with Crippen molar-refractivity contribution in [3.8, 4) is 17.0 Å². The lowest BCUT2D eigenvalue weighted by Gasteiger charge is -2.37. The number of amides is 2. The Labute approximate surface area is 228 Å². The molecule has 0 radical (unpaired) electrons. The smallest absolute Gasteiger partial charge is 0.328 e. The highest BCUT2D eigenvalue weighted by Crippen LogP contribution is 2.22. The molecule has 2 aromatic carbocycles. The standard InChI is InChI=1S/C29H35N5O5/c1-3-39-27(36)25(19-21-7-5-4-6-8-21)31-28(37)29(14-16-30-17-15-29)32-26(35)20-34-18-13-24(33-34)22-9-11-23(38-2)12-10-22/h4-13,18,25,30H,3,14-17,19-20H2,1-2H3,(H,31,37)(H,32,35). The Kier molecular flexibility index (Phi) is 9.32. The van der Waals surface area contributed by atoms with Crippen LogP contribution in [0.1, 0.15) is 25.3 Å². The number of aromatic nitrogens is 2. The Morgan fingerprint density at radius 3 is 2.44 bits per heavy atom. The third kappa shape index (κ3) is 7.23. The van der Waals surface area contributed by atoms with Crippen LogP contribution in [0.4, 0.5) is 0 Å². The van der Waals surface area contributed by atoms with E-state index in [1.165, 1.54) is 0 Å². The molecule has 206 valence electrons. The van der Waals surface area contributed by atoms with Crippen LogP contribution < -0.4 is 20.7 Å². The van der Waals surface area contributed by atoms with Crippen LogP contribution in [0.2, 0.25) is 0 Å². The van der Waals surface area contributed by atoms with Crippen molar-refractivity contribution in [3.05, 3.63) is 72.4 Å². The summed E-state index contributed by atoms with van der Waals surface area (Å²) in [6.45, 7) is 2.99. The second-order valence-electron chi connectivity index (χ2n) is 9.48. The van der Waals surface area contributed by atoms with Gasteiger partial charge < -0.3 is 25.4 Å². The maximum absolute atomic E-state index is 13.7. The minimum Gasteiger partial charge on any atom is -0.497 e. The van der Waals surface area contributed by atoms with Crippen LogP contribution in [0.3, 0.4) is 0 Å². The number of rotatable bonds is 11. The molecule has 3 aromatic rings. The predicted molar refractivity (Wildman–Crippen MR) is 146 cm³/mol. The molecular formula is C29H35N5O5. The summed E-state index contributed by atoms with van der Waals surface area (Å²) in [4.78, 5) is 39.6. The third-order valence-corrected chi connectivity index (χ3v) is 6.76. The van der Waals surface area contributed by atoms with E-state index in [0.717, 1.165) is 22.6 Å². The molecule has 0 aliphatic carbocycles. The van der Waals surface area contributed by atoms with Crippen LogP contribution in [-0.4, -0.2) is 66.0 Å². The summed E-state index contributed by atoms with van der Waals surface area (Å²) >= 11 is 0. The van der Waals surface area contributed by atoms with Gasteiger partial charge in [-0.25, -0.2) is 4.79 Å². The number of piperidine rings is 1. The predicted octanol–water partition coefficient (Wildman–Crippen LogP) is 2.09. The topological polar surface area (TPSA) is 124 Å². The molecule has 1 fully saturated rings. The van der Waals surface area contributed by atoms with E-state index in [2.05, 4.69) is 21.0 Å². The first-order valence-electron chi connectivity index (χ1n) is 13.1. The highest BCUT2D eigenvalue weighted by atomic mass is 16.5. The van der Waals surface area contributed by atoms with Crippen LogP contribution in [0.5, 0.6) is 5.75 Å². The molecule has 3 N–H and O–H groups in total. The fraction of sp³-hybridized carbons (Fsp3) is 0.379. The molecule has 10 nitrogen and oxygen atoms in total. The van der Waals surface area contributed by atoms with Crippen LogP contribution in [0, 0.1) is 0 Å². The summed E-state index contributed by atoms with van der Waals surface area (Å²) in [5, 5.41) is 13.6. The number of nitrogens with one attached hydrogen (secondary N) is 3. The first kappa shape index (κ1) is 27.8. The Morgan fingerprint density at radius 1 is 1.05 bits per heavy atom. The van der Waals surface area contributed by atoms with Crippen molar-refractivity contribution in [1.29, 1.82) is 0 Å². The molecule has 2 heterocycles. The summed E-state index contributed by atoms with van der Waals surface area (Å²) in [7, 11) is 1.61. The molecule has 1 atom stereocenters. The number of esters is 1. The molecule has 2 amide bonds. The van der Waals surface area contributed by atoms with Crippen LogP contribution in [0.15, 0.2) is 66.9 Å². The third-order valence-electron chi connectivity index (χ3n) is 6.76. The molecule has 1 aromatic heterocycles. The van der Waals surface area contributed by atoms with Gasteiger partial charge in [0.15, 0.2) is 0 Å². The fourth-order valence-electron chi connectivity index (χ4n) is 4.66. The maximum Gasteiger partial charge on any atom is 0.328 e. The Bertz CT molecular complexity index is 1250. The van der Waals surface area contributed by atoms with Crippen LogP contribution in [-0.2, 0) is 32.1 Å². The second kappa shape index (κ2) is 13.1. The van der Waals surface area contributed by atoms with Crippen LogP contribution >= 0.6 is 0 Å². The van der Waals surface area contributed by atoms with Gasteiger partial charge in [0, 0.05) is 18.2 Å². The zero-order valence-corrected chi connectivity index (χ0v) is 22.3. The van der Waals surface area contributed by atoms with E-state index in [1.807, 2.05) is 60.7 Å². The van der Waals surface area contributed by atoms with E-state index in [9.17, 15) is 14.4 Å². The largest absolute Gasteiger partial charge is 0.497 e. The van der Waals surface area contributed by atoms with Crippen molar-refractivity contribution in [2.24, 2.45) is 0 Å². The zero-order valence-electron chi connectivity index (χ0n) is 22.3. The van der Waals surface area contributed by atoms with E-state index < -0.39 is 23.5 Å². The normalized spacial score (nSPS) is 15.1. The number of nitrogens with zero attached hydrogens (tertiary/aromatic N) is 2. The Hall–Kier alpha value is -4.18. The summed E-state index contributed by atoms with van der Waals surface area (Å²) < 4.78 is 12.0. The van der Waals surface area contributed by atoms with Crippen molar-refractivity contribution in [2.45, 2.75) is 44.3 Å². The quantitative estimate of drug-likeness (QED) is 0.323. The van der Waals surface area contributed by atoms with Gasteiger partial charge in [-0.2, -0.15) is 5.10 Å². The highest BCUT2D eigenvalue weighted by Gasteiger charge is 2.42. The SMILES string of the molecule is CCOC(=O)C(Cc1ccccc1)NC(=O)C1(NC(=O)Cn2ccc(-c3ccc(OC)cc3)n2)CCNCC1. The van der Waals surface area contributed by atoms with Crippen molar-refractivity contribution in [3.63, 3.8) is 0 Å². The molecule has 1 aliphatic heterocycles. The van der Waals surface area contributed by atoms with E-state index in [-0.39, 0.29) is 25.5 Å². The molecule has 0 spiro atoms. The Balaban J connectivity index is 1.45. The van der Waals surface area contributed by atoms with E-state index in [1.54, 1.807) is 24.9 Å². The summed E-state index contributed by atoms with van der Waals surface area (Å²) in [6.07, 6.45) is 2.80. The minimum atomic E-state index is -1.16. The fourth-order valence-corrected chi connectivity index (χ4v) is 4.66. The summed E-state index contributed by atoms with van der Waals surface area (Å²) in [5.41, 5.74) is 1.35. The molecule has 1 unspecified atom stereocenters. The molecule has 10 heteroatoms. The Morgan fingerprint density at radius 2 is 1.77 bits per heavy atom. The van der Waals surface area contributed by atoms with E-state index in [0.29, 0.717) is 25.9 Å². The maximum atomic E-state index is 13.7.